The van der Waals surface area contributed by atoms with Gasteiger partial charge in [-0.05, 0) is 38.0 Å². The molecule has 2 nitrogen and oxygen atoms in total. The Morgan fingerprint density at radius 1 is 1.37 bits per heavy atom. The van der Waals surface area contributed by atoms with Gasteiger partial charge in [0.05, 0.1) is 11.1 Å². The molecule has 1 atom stereocenters. The van der Waals surface area contributed by atoms with E-state index in [-0.39, 0.29) is 6.04 Å². The summed E-state index contributed by atoms with van der Waals surface area (Å²) in [5.41, 5.74) is -1.52. The third kappa shape index (κ3) is 2.72. The molecule has 6 heteroatoms. The van der Waals surface area contributed by atoms with Crippen LogP contribution in [-0.2, 0) is 6.18 Å². The van der Waals surface area contributed by atoms with Crippen LogP contribution < -0.4 is 0 Å². The first-order chi connectivity index (χ1) is 8.80. The zero-order chi connectivity index (χ0) is 14.2. The number of carbonyl (C=O) groups is 1. The summed E-state index contributed by atoms with van der Waals surface area (Å²) in [6, 6.07) is 1.85. The lowest BCUT2D eigenvalue weighted by molar-refractivity contribution is -0.137. The van der Waals surface area contributed by atoms with Crippen LogP contribution in [0.5, 0.6) is 0 Å². The van der Waals surface area contributed by atoms with E-state index >= 15 is 0 Å². The molecule has 0 spiro atoms. The number of halogens is 4. The second-order valence-electron chi connectivity index (χ2n) is 4.68. The van der Waals surface area contributed by atoms with Crippen molar-refractivity contribution in [3.8, 4) is 0 Å². The summed E-state index contributed by atoms with van der Waals surface area (Å²) < 4.78 is 51.3. The molecule has 1 aromatic carbocycles. The average Bonchev–Trinajstić information content (AvgIpc) is 2.73. The minimum Gasteiger partial charge on any atom is -0.336 e. The average molecular weight is 275 g/mol. The van der Waals surface area contributed by atoms with Gasteiger partial charge >= 0.3 is 6.18 Å². The van der Waals surface area contributed by atoms with E-state index in [9.17, 15) is 22.4 Å². The van der Waals surface area contributed by atoms with Crippen molar-refractivity contribution in [1.29, 1.82) is 0 Å². The van der Waals surface area contributed by atoms with Crippen molar-refractivity contribution in [2.24, 2.45) is 0 Å². The van der Waals surface area contributed by atoms with Crippen LogP contribution in [0.25, 0.3) is 0 Å². The second-order valence-corrected chi connectivity index (χ2v) is 4.68. The van der Waals surface area contributed by atoms with Crippen LogP contribution in [-0.4, -0.2) is 23.4 Å². The number of carbonyl (C=O) groups excluding carboxylic acids is 1. The number of hydrogen-bond donors (Lipinski definition) is 0. The molecule has 1 aromatic rings. The van der Waals surface area contributed by atoms with Gasteiger partial charge in [-0.3, -0.25) is 4.79 Å². The predicted octanol–water partition coefficient (Wildman–Crippen LogP) is 3.47. The van der Waals surface area contributed by atoms with Crippen LogP contribution >= 0.6 is 0 Å². The maximum absolute atomic E-state index is 13.6. The Labute approximate surface area is 108 Å². The van der Waals surface area contributed by atoms with Crippen LogP contribution in [0.15, 0.2) is 18.2 Å². The number of benzene rings is 1. The van der Waals surface area contributed by atoms with Gasteiger partial charge in [-0.15, -0.1) is 0 Å². The molecular formula is C13H13F4NO. The van der Waals surface area contributed by atoms with Crippen molar-refractivity contribution < 1.29 is 22.4 Å². The number of amides is 1. The van der Waals surface area contributed by atoms with E-state index in [1.54, 1.807) is 6.92 Å². The first-order valence-corrected chi connectivity index (χ1v) is 5.98. The van der Waals surface area contributed by atoms with Gasteiger partial charge < -0.3 is 4.90 Å². The standard InChI is InChI=1S/C13H13F4NO/c1-8-3-2-6-18(8)12(19)10-7-9(13(15,16)17)4-5-11(10)14/h4-5,7-8H,2-3,6H2,1H3. The molecule has 1 saturated heterocycles. The summed E-state index contributed by atoms with van der Waals surface area (Å²) in [5.74, 6) is -1.59. The molecule has 0 N–H and O–H groups in total. The Morgan fingerprint density at radius 3 is 2.58 bits per heavy atom. The highest BCUT2D eigenvalue weighted by molar-refractivity contribution is 5.95. The van der Waals surface area contributed by atoms with Gasteiger partial charge in [0.2, 0.25) is 0 Å². The maximum atomic E-state index is 13.6. The normalized spacial score (nSPS) is 19.8. The van der Waals surface area contributed by atoms with Gasteiger partial charge in [0, 0.05) is 12.6 Å². The molecular weight excluding hydrogens is 262 g/mol. The SMILES string of the molecule is CC1CCCN1C(=O)c1cc(C(F)(F)F)ccc1F. The van der Waals surface area contributed by atoms with Crippen LogP contribution in [0.2, 0.25) is 0 Å². The first-order valence-electron chi connectivity index (χ1n) is 5.98. The molecule has 0 aromatic heterocycles. The van der Waals surface area contributed by atoms with E-state index in [0.717, 1.165) is 12.8 Å². The second kappa shape index (κ2) is 4.83. The minimum atomic E-state index is -4.58. The highest BCUT2D eigenvalue weighted by Gasteiger charge is 2.33. The molecule has 2 rings (SSSR count). The van der Waals surface area contributed by atoms with Crippen LogP contribution in [0.1, 0.15) is 35.7 Å². The molecule has 1 heterocycles. The van der Waals surface area contributed by atoms with Crippen LogP contribution in [0.3, 0.4) is 0 Å². The Kier molecular flexibility index (Phi) is 3.52. The van der Waals surface area contributed by atoms with Crippen molar-refractivity contribution in [2.75, 3.05) is 6.54 Å². The lowest BCUT2D eigenvalue weighted by Gasteiger charge is -2.22. The summed E-state index contributed by atoms with van der Waals surface area (Å²) in [6.45, 7) is 2.26. The highest BCUT2D eigenvalue weighted by Crippen LogP contribution is 2.31. The van der Waals surface area contributed by atoms with E-state index in [0.29, 0.717) is 24.7 Å². The Morgan fingerprint density at radius 2 is 2.05 bits per heavy atom. The van der Waals surface area contributed by atoms with Crippen LogP contribution in [0.4, 0.5) is 17.6 Å². The zero-order valence-electron chi connectivity index (χ0n) is 10.3. The fraction of sp³-hybridized carbons (Fsp3) is 0.462. The van der Waals surface area contributed by atoms with Crippen molar-refractivity contribution in [3.63, 3.8) is 0 Å². The van der Waals surface area contributed by atoms with Crippen molar-refractivity contribution in [1.82, 2.24) is 4.90 Å². The smallest absolute Gasteiger partial charge is 0.336 e. The third-order valence-corrected chi connectivity index (χ3v) is 3.34. The van der Waals surface area contributed by atoms with E-state index < -0.39 is 29.0 Å². The Balaban J connectivity index is 2.36. The molecule has 0 aliphatic carbocycles. The molecule has 1 amide bonds. The number of hydrogen-bond acceptors (Lipinski definition) is 1. The van der Waals surface area contributed by atoms with Gasteiger partial charge in [0.1, 0.15) is 5.82 Å². The van der Waals surface area contributed by atoms with Crippen molar-refractivity contribution >= 4 is 5.91 Å². The molecule has 0 radical (unpaired) electrons. The van der Waals surface area contributed by atoms with E-state index in [1.165, 1.54) is 4.90 Å². The fourth-order valence-corrected chi connectivity index (χ4v) is 2.26. The number of nitrogens with zero attached hydrogens (tertiary/aromatic N) is 1. The van der Waals surface area contributed by atoms with Crippen molar-refractivity contribution in [3.05, 3.63) is 35.1 Å². The van der Waals surface area contributed by atoms with Gasteiger partial charge in [0.15, 0.2) is 0 Å². The minimum absolute atomic E-state index is 0.0681. The van der Waals surface area contributed by atoms with Gasteiger partial charge in [0.25, 0.3) is 5.91 Å². The summed E-state index contributed by atoms with van der Waals surface area (Å²) in [5, 5.41) is 0. The van der Waals surface area contributed by atoms with Gasteiger partial charge in [-0.2, -0.15) is 13.2 Å². The molecule has 1 fully saturated rings. The van der Waals surface area contributed by atoms with E-state index in [1.807, 2.05) is 0 Å². The fourth-order valence-electron chi connectivity index (χ4n) is 2.26. The summed E-state index contributed by atoms with van der Waals surface area (Å²) in [4.78, 5) is 13.5. The molecule has 19 heavy (non-hydrogen) atoms. The van der Waals surface area contributed by atoms with Crippen molar-refractivity contribution in [2.45, 2.75) is 32.0 Å². The molecule has 1 aliphatic rings. The van der Waals surface area contributed by atoms with E-state index in [2.05, 4.69) is 0 Å². The molecule has 1 aliphatic heterocycles. The maximum Gasteiger partial charge on any atom is 0.416 e. The summed E-state index contributed by atoms with van der Waals surface area (Å²) >= 11 is 0. The monoisotopic (exact) mass is 275 g/mol. The van der Waals surface area contributed by atoms with Gasteiger partial charge in [-0.25, -0.2) is 4.39 Å². The van der Waals surface area contributed by atoms with E-state index in [4.69, 9.17) is 0 Å². The molecule has 0 bridgehead atoms. The molecule has 0 saturated carbocycles. The predicted molar refractivity (Wildman–Crippen MR) is 61.1 cm³/mol. The lowest BCUT2D eigenvalue weighted by Crippen LogP contribution is -2.34. The number of rotatable bonds is 1. The molecule has 104 valence electrons. The topological polar surface area (TPSA) is 20.3 Å². The number of likely N-dealkylation sites (tertiary alicyclic amines) is 1. The highest BCUT2D eigenvalue weighted by atomic mass is 19.4. The zero-order valence-corrected chi connectivity index (χ0v) is 10.3. The van der Waals surface area contributed by atoms with Gasteiger partial charge in [-0.1, -0.05) is 0 Å². The molecule has 1 unspecified atom stereocenters. The third-order valence-electron chi connectivity index (χ3n) is 3.34. The summed E-state index contributed by atoms with van der Waals surface area (Å²) in [6.07, 6.45) is -3.01. The van der Waals surface area contributed by atoms with Crippen LogP contribution in [0, 0.1) is 5.82 Å². The quantitative estimate of drug-likeness (QED) is 0.719. The number of alkyl halides is 3. The largest absolute Gasteiger partial charge is 0.416 e. The lowest BCUT2D eigenvalue weighted by atomic mass is 10.1. The Bertz CT molecular complexity index is 498. The summed E-state index contributed by atoms with van der Waals surface area (Å²) in [7, 11) is 0. The Hall–Kier alpha value is -1.59. The first kappa shape index (κ1) is 13.8.